The van der Waals surface area contributed by atoms with Crippen LogP contribution in [0.25, 0.3) is 0 Å². The van der Waals surface area contributed by atoms with Crippen molar-refractivity contribution in [3.05, 3.63) is 29.8 Å². The number of amides is 2. The normalized spacial score (nSPS) is 17.7. The van der Waals surface area contributed by atoms with E-state index in [0.29, 0.717) is 19.3 Å². The van der Waals surface area contributed by atoms with Gasteiger partial charge in [0.15, 0.2) is 5.17 Å². The molecule has 0 bridgehead atoms. The van der Waals surface area contributed by atoms with Crippen molar-refractivity contribution in [3.63, 3.8) is 0 Å². The van der Waals surface area contributed by atoms with Crippen LogP contribution in [0.15, 0.2) is 29.3 Å². The first-order valence-corrected chi connectivity index (χ1v) is 9.90. The van der Waals surface area contributed by atoms with Crippen molar-refractivity contribution in [1.29, 1.82) is 0 Å². The summed E-state index contributed by atoms with van der Waals surface area (Å²) in [5.74, 6) is -1.76. The van der Waals surface area contributed by atoms with E-state index in [9.17, 15) is 22.8 Å². The Kier molecular flexibility index (Phi) is 7.08. The van der Waals surface area contributed by atoms with Crippen LogP contribution in [0.1, 0.15) is 26.3 Å². The van der Waals surface area contributed by atoms with Crippen molar-refractivity contribution >= 4 is 34.6 Å². The highest BCUT2D eigenvalue weighted by Crippen LogP contribution is 2.37. The number of ether oxygens (including phenoxy) is 2. The van der Waals surface area contributed by atoms with Gasteiger partial charge in [0.25, 0.3) is 0 Å². The lowest BCUT2D eigenvalue weighted by molar-refractivity contribution is -0.276. The second-order valence-electron chi connectivity index (χ2n) is 7.17. The van der Waals surface area contributed by atoms with E-state index in [1.807, 2.05) is 13.8 Å². The number of nitrogens with one attached hydrogen (secondary N) is 1. The Labute approximate surface area is 177 Å². The number of amidine groups is 1. The lowest BCUT2D eigenvalue weighted by atomic mass is 10.2. The number of hydrogen-bond donors (Lipinski definition) is 1. The van der Waals surface area contributed by atoms with Crippen molar-refractivity contribution in [2.24, 2.45) is 4.99 Å². The molecule has 1 N–H and O–H groups in total. The van der Waals surface area contributed by atoms with Gasteiger partial charge in [0.2, 0.25) is 0 Å². The highest BCUT2D eigenvalue weighted by atomic mass is 32.2. The Balaban J connectivity index is 2.50. The summed E-state index contributed by atoms with van der Waals surface area (Å²) in [5, 5.41) is 1.91. The number of halogens is 3. The van der Waals surface area contributed by atoms with Gasteiger partial charge in [-0.3, -0.25) is 10.3 Å². The summed E-state index contributed by atoms with van der Waals surface area (Å²) in [6, 6.07) is 5.40. The number of nitrogens with zero attached hydrogens (tertiary/aromatic N) is 2. The first kappa shape index (κ1) is 24.0. The standard InChI is InChI=1S/C19H24F3N3O4S/c1-6-29-14(26)18(28-5,19(20,21)22)24-15(27)25(13-9-7-8-12(2)10-13)16-23-11-17(3,4)30-16/h7-10H,6,11H2,1-5H3,(H,24,27). The molecular weight excluding hydrogens is 423 g/mol. The highest BCUT2D eigenvalue weighted by molar-refractivity contribution is 8.15. The van der Waals surface area contributed by atoms with Crippen LogP contribution < -0.4 is 10.2 Å². The monoisotopic (exact) mass is 447 g/mol. The number of hydrogen-bond acceptors (Lipinski definition) is 6. The number of benzene rings is 1. The van der Waals surface area contributed by atoms with Gasteiger partial charge in [-0.25, -0.2) is 14.5 Å². The van der Waals surface area contributed by atoms with Crippen LogP contribution in [0.3, 0.4) is 0 Å². The maximum Gasteiger partial charge on any atom is 0.448 e. The first-order valence-electron chi connectivity index (χ1n) is 9.08. The molecule has 0 spiro atoms. The number of thioether (sulfide) groups is 1. The van der Waals surface area contributed by atoms with Crippen molar-refractivity contribution in [1.82, 2.24) is 5.32 Å². The molecule has 0 aliphatic carbocycles. The van der Waals surface area contributed by atoms with Gasteiger partial charge in [-0.15, -0.1) is 0 Å². The van der Waals surface area contributed by atoms with Crippen LogP contribution in [-0.4, -0.2) is 54.1 Å². The van der Waals surface area contributed by atoms with Crippen LogP contribution in [0.4, 0.5) is 23.7 Å². The zero-order valence-electron chi connectivity index (χ0n) is 17.3. The first-order chi connectivity index (χ1) is 13.9. The van der Waals surface area contributed by atoms with Crippen molar-refractivity contribution in [3.8, 4) is 0 Å². The molecule has 2 amide bonds. The summed E-state index contributed by atoms with van der Waals surface area (Å²) in [4.78, 5) is 30.6. The van der Waals surface area contributed by atoms with Crippen LogP contribution in [0.2, 0.25) is 0 Å². The van der Waals surface area contributed by atoms with E-state index in [2.05, 4.69) is 14.5 Å². The summed E-state index contributed by atoms with van der Waals surface area (Å²) >= 11 is 1.24. The minimum atomic E-state index is -5.27. The van der Waals surface area contributed by atoms with Gasteiger partial charge in [-0.1, -0.05) is 23.9 Å². The van der Waals surface area contributed by atoms with Crippen LogP contribution in [0.5, 0.6) is 0 Å². The second kappa shape index (κ2) is 8.84. The number of carbonyl (C=O) groups is 2. The molecule has 1 heterocycles. The summed E-state index contributed by atoms with van der Waals surface area (Å²) < 4.78 is 50.2. The van der Waals surface area contributed by atoms with Crippen LogP contribution in [0, 0.1) is 6.92 Å². The Morgan fingerprint density at radius 1 is 1.33 bits per heavy atom. The van der Waals surface area contributed by atoms with Crippen LogP contribution >= 0.6 is 11.8 Å². The number of anilines is 1. The lowest BCUT2D eigenvalue weighted by Gasteiger charge is -2.34. The minimum Gasteiger partial charge on any atom is -0.462 e. The second-order valence-corrected chi connectivity index (χ2v) is 8.84. The summed E-state index contributed by atoms with van der Waals surface area (Å²) in [6.45, 7) is 6.97. The zero-order valence-corrected chi connectivity index (χ0v) is 18.1. The lowest BCUT2D eigenvalue weighted by Crippen LogP contribution is -2.68. The SMILES string of the molecule is CCOC(=O)C(NC(=O)N(C1=NCC(C)(C)S1)c1cccc(C)c1)(OC)C(F)(F)F. The van der Waals surface area contributed by atoms with E-state index >= 15 is 0 Å². The molecule has 1 atom stereocenters. The van der Waals surface area contributed by atoms with E-state index in [4.69, 9.17) is 0 Å². The maximum atomic E-state index is 13.8. The average Bonchev–Trinajstić information content (AvgIpc) is 2.98. The van der Waals surface area contributed by atoms with Gasteiger partial charge >= 0.3 is 23.9 Å². The average molecular weight is 447 g/mol. The molecule has 1 aromatic carbocycles. The predicted octanol–water partition coefficient (Wildman–Crippen LogP) is 3.86. The Hall–Kier alpha value is -2.27. The molecule has 1 unspecified atom stereocenters. The Bertz CT molecular complexity index is 845. The number of esters is 1. The van der Waals surface area contributed by atoms with E-state index < -0.39 is 23.9 Å². The van der Waals surface area contributed by atoms with Gasteiger partial charge in [0, 0.05) is 11.9 Å². The molecule has 7 nitrogen and oxygen atoms in total. The summed E-state index contributed by atoms with van der Waals surface area (Å²) in [5.41, 5.74) is -2.58. The van der Waals surface area contributed by atoms with Crippen molar-refractivity contribution in [2.75, 3.05) is 25.2 Å². The van der Waals surface area contributed by atoms with Crippen molar-refractivity contribution in [2.45, 2.75) is 44.3 Å². The Morgan fingerprint density at radius 3 is 2.47 bits per heavy atom. The highest BCUT2D eigenvalue weighted by Gasteiger charge is 2.65. The molecule has 2 rings (SSSR count). The molecule has 30 heavy (non-hydrogen) atoms. The number of rotatable bonds is 5. The molecular formula is C19H24F3N3O4S. The largest absolute Gasteiger partial charge is 0.462 e. The molecule has 1 aliphatic rings. The van der Waals surface area contributed by atoms with Crippen molar-refractivity contribution < 1.29 is 32.2 Å². The predicted molar refractivity (Wildman–Crippen MR) is 109 cm³/mol. The third-order valence-electron chi connectivity index (χ3n) is 4.17. The summed E-state index contributed by atoms with van der Waals surface area (Å²) in [6.07, 6.45) is -5.27. The molecule has 0 saturated heterocycles. The molecule has 1 aromatic rings. The fourth-order valence-electron chi connectivity index (χ4n) is 2.69. The van der Waals surface area contributed by atoms with Gasteiger partial charge < -0.3 is 9.47 Å². The maximum absolute atomic E-state index is 13.8. The quantitative estimate of drug-likeness (QED) is 0.548. The number of urea groups is 1. The van der Waals surface area contributed by atoms with Gasteiger partial charge in [0.05, 0.1) is 18.8 Å². The number of aliphatic imine (C=N–C) groups is 1. The third-order valence-corrected chi connectivity index (χ3v) is 5.34. The number of aryl methyl sites for hydroxylation is 1. The third kappa shape index (κ3) is 4.89. The molecule has 0 saturated carbocycles. The van der Waals surface area contributed by atoms with Crippen LogP contribution in [-0.2, 0) is 14.3 Å². The van der Waals surface area contributed by atoms with E-state index in [0.717, 1.165) is 10.5 Å². The molecule has 166 valence electrons. The number of carbonyl (C=O) groups excluding carboxylic acids is 2. The fraction of sp³-hybridized carbons (Fsp3) is 0.526. The number of methoxy groups -OCH3 is 1. The van der Waals surface area contributed by atoms with Gasteiger partial charge in [-0.05, 0) is 45.4 Å². The van der Waals surface area contributed by atoms with E-state index in [1.165, 1.54) is 18.7 Å². The zero-order chi connectivity index (χ0) is 22.7. The molecule has 11 heteroatoms. The number of alkyl halides is 3. The van der Waals surface area contributed by atoms with E-state index in [1.54, 1.807) is 36.5 Å². The molecule has 0 radical (unpaired) electrons. The minimum absolute atomic E-state index is 0.208. The Morgan fingerprint density at radius 2 is 2.00 bits per heavy atom. The smallest absolute Gasteiger partial charge is 0.448 e. The fourth-order valence-corrected chi connectivity index (χ4v) is 3.73. The van der Waals surface area contributed by atoms with E-state index in [-0.39, 0.29) is 16.5 Å². The van der Waals surface area contributed by atoms with Gasteiger partial charge in [0.1, 0.15) is 0 Å². The molecule has 0 fully saturated rings. The molecule has 0 aromatic heterocycles. The molecule has 1 aliphatic heterocycles. The topological polar surface area (TPSA) is 80.2 Å². The summed E-state index contributed by atoms with van der Waals surface area (Å²) in [7, 11) is 0.673. The van der Waals surface area contributed by atoms with Gasteiger partial charge in [-0.2, -0.15) is 13.2 Å².